The molecule has 0 radical (unpaired) electrons. The molecule has 1 atom stereocenters. The molecule has 1 rings (SSSR count). The quantitative estimate of drug-likeness (QED) is 0.784. The van der Waals surface area contributed by atoms with Crippen molar-refractivity contribution in [2.24, 2.45) is 11.7 Å². The zero-order chi connectivity index (χ0) is 14.4. The molecule has 124 valence electrons. The fourth-order valence-corrected chi connectivity index (χ4v) is 2.49. The van der Waals surface area contributed by atoms with Crippen molar-refractivity contribution in [1.82, 2.24) is 15.2 Å². The Morgan fingerprint density at radius 1 is 1.43 bits per heavy atom. The van der Waals surface area contributed by atoms with E-state index in [1.54, 1.807) is 5.38 Å². The highest BCUT2D eigenvalue weighted by Crippen LogP contribution is 2.10. The molecule has 3 N–H and O–H groups in total. The van der Waals surface area contributed by atoms with Gasteiger partial charge in [-0.2, -0.15) is 0 Å². The summed E-state index contributed by atoms with van der Waals surface area (Å²) in [6, 6.07) is 0.344. The number of rotatable bonds is 7. The fourth-order valence-electron chi connectivity index (χ4n) is 1.83. The van der Waals surface area contributed by atoms with Crippen molar-refractivity contribution in [3.05, 3.63) is 16.1 Å². The van der Waals surface area contributed by atoms with Crippen molar-refractivity contribution < 1.29 is 4.79 Å². The summed E-state index contributed by atoms with van der Waals surface area (Å²) < 4.78 is 0. The molecule has 8 heteroatoms. The van der Waals surface area contributed by atoms with Gasteiger partial charge in [0.1, 0.15) is 10.7 Å². The average molecular weight is 357 g/mol. The van der Waals surface area contributed by atoms with Gasteiger partial charge in [0.15, 0.2) is 0 Å². The Balaban J connectivity index is 0. The number of hydrogen-bond acceptors (Lipinski definition) is 5. The van der Waals surface area contributed by atoms with E-state index in [4.69, 9.17) is 5.73 Å². The molecule has 1 amide bonds. The topological polar surface area (TPSA) is 71.2 Å². The second-order valence-electron chi connectivity index (χ2n) is 5.29. The summed E-state index contributed by atoms with van der Waals surface area (Å²) in [5, 5.41) is 5.49. The normalized spacial score (nSPS) is 11.8. The maximum Gasteiger partial charge on any atom is 0.270 e. The lowest BCUT2D eigenvalue weighted by molar-refractivity contribution is 0.0934. The molecule has 1 aromatic rings. The third-order valence-corrected chi connectivity index (χ3v) is 3.80. The lowest BCUT2D eigenvalue weighted by atomic mass is 10.0. The Hall–Kier alpha value is -0.400. The van der Waals surface area contributed by atoms with E-state index in [9.17, 15) is 4.79 Å². The van der Waals surface area contributed by atoms with Crippen LogP contribution < -0.4 is 11.1 Å². The van der Waals surface area contributed by atoms with Gasteiger partial charge in [-0.25, -0.2) is 4.98 Å². The van der Waals surface area contributed by atoms with Crippen LogP contribution in [0.3, 0.4) is 0 Å². The van der Waals surface area contributed by atoms with Crippen molar-refractivity contribution in [3.8, 4) is 0 Å². The highest BCUT2D eigenvalue weighted by atomic mass is 35.5. The third-order valence-electron chi connectivity index (χ3n) is 2.93. The summed E-state index contributed by atoms with van der Waals surface area (Å²) in [6.07, 6.45) is 1.05. The Bertz CT molecular complexity index is 413. The zero-order valence-corrected chi connectivity index (χ0v) is 15.4. The Labute approximate surface area is 143 Å². The minimum absolute atomic E-state index is 0. The predicted octanol–water partition coefficient (Wildman–Crippen LogP) is 2.15. The highest BCUT2D eigenvalue weighted by molar-refractivity contribution is 7.09. The van der Waals surface area contributed by atoms with Crippen LogP contribution in [0.15, 0.2) is 5.38 Å². The molecule has 21 heavy (non-hydrogen) atoms. The van der Waals surface area contributed by atoms with E-state index < -0.39 is 0 Å². The molecule has 0 saturated carbocycles. The van der Waals surface area contributed by atoms with Crippen LogP contribution in [-0.2, 0) is 6.54 Å². The van der Waals surface area contributed by atoms with Gasteiger partial charge in [0.25, 0.3) is 5.91 Å². The van der Waals surface area contributed by atoms with Crippen molar-refractivity contribution >= 4 is 42.1 Å². The van der Waals surface area contributed by atoms with Crippen LogP contribution in [0.25, 0.3) is 0 Å². The summed E-state index contributed by atoms with van der Waals surface area (Å²) in [7, 11) is 4.07. The third kappa shape index (κ3) is 7.97. The van der Waals surface area contributed by atoms with E-state index >= 15 is 0 Å². The second-order valence-corrected chi connectivity index (χ2v) is 6.23. The summed E-state index contributed by atoms with van der Waals surface area (Å²) in [5.74, 6) is 0.485. The maximum atomic E-state index is 12.0. The molecule has 1 heterocycles. The van der Waals surface area contributed by atoms with Crippen LogP contribution in [0, 0.1) is 5.92 Å². The number of amides is 1. The number of nitrogens with one attached hydrogen (secondary N) is 1. The standard InChI is InChI=1S/C13H24N4OS.2ClH/c1-9(2)5-10(17(3)4)7-15-13(18)11-8-19-12(6-14)16-11;;/h8-10H,5-7,14H2,1-4H3,(H,15,18);2*1H. The molecule has 0 bridgehead atoms. The summed E-state index contributed by atoms with van der Waals surface area (Å²) >= 11 is 1.42. The van der Waals surface area contributed by atoms with Crippen LogP contribution in [0.4, 0.5) is 0 Å². The summed E-state index contributed by atoms with van der Waals surface area (Å²) in [6.45, 7) is 5.39. The Morgan fingerprint density at radius 2 is 2.05 bits per heavy atom. The first-order valence-corrected chi connectivity index (χ1v) is 7.41. The molecule has 1 unspecified atom stereocenters. The maximum absolute atomic E-state index is 12.0. The van der Waals surface area contributed by atoms with Gasteiger partial charge in [-0.1, -0.05) is 13.8 Å². The molecule has 0 aromatic carbocycles. The van der Waals surface area contributed by atoms with Crippen molar-refractivity contribution in [2.75, 3.05) is 20.6 Å². The zero-order valence-electron chi connectivity index (χ0n) is 13.0. The highest BCUT2D eigenvalue weighted by Gasteiger charge is 2.16. The number of nitrogens with two attached hydrogens (primary N) is 1. The summed E-state index contributed by atoms with van der Waals surface area (Å²) in [4.78, 5) is 18.3. The first-order valence-electron chi connectivity index (χ1n) is 6.53. The average Bonchev–Trinajstić information content (AvgIpc) is 2.82. The van der Waals surface area contributed by atoms with Crippen molar-refractivity contribution in [1.29, 1.82) is 0 Å². The van der Waals surface area contributed by atoms with E-state index in [2.05, 4.69) is 29.0 Å². The first-order chi connectivity index (χ1) is 8.93. The van der Waals surface area contributed by atoms with E-state index in [0.29, 0.717) is 30.7 Å². The number of nitrogens with zero attached hydrogens (tertiary/aromatic N) is 2. The van der Waals surface area contributed by atoms with Gasteiger partial charge in [-0.05, 0) is 26.4 Å². The molecular formula is C13H26Cl2N4OS. The molecule has 5 nitrogen and oxygen atoms in total. The van der Waals surface area contributed by atoms with Crippen molar-refractivity contribution in [2.45, 2.75) is 32.9 Å². The van der Waals surface area contributed by atoms with E-state index in [0.717, 1.165) is 11.4 Å². The summed E-state index contributed by atoms with van der Waals surface area (Å²) in [5.41, 5.74) is 5.95. The molecule has 1 aromatic heterocycles. The Kier molecular flexibility index (Phi) is 12.2. The first kappa shape index (κ1) is 22.9. The SMILES string of the molecule is CC(C)CC(CNC(=O)c1csc(CN)n1)N(C)C.Cl.Cl. The molecule has 0 aliphatic heterocycles. The lowest BCUT2D eigenvalue weighted by Crippen LogP contribution is -2.41. The van der Waals surface area contributed by atoms with Gasteiger partial charge in [0.2, 0.25) is 0 Å². The van der Waals surface area contributed by atoms with Gasteiger partial charge in [0.05, 0.1) is 0 Å². The van der Waals surface area contributed by atoms with Gasteiger partial charge in [-0.15, -0.1) is 36.2 Å². The number of halogens is 2. The lowest BCUT2D eigenvalue weighted by Gasteiger charge is -2.26. The van der Waals surface area contributed by atoms with E-state index in [1.165, 1.54) is 11.3 Å². The van der Waals surface area contributed by atoms with Crippen LogP contribution in [-0.4, -0.2) is 42.5 Å². The minimum atomic E-state index is -0.119. The smallest absolute Gasteiger partial charge is 0.270 e. The second kappa shape index (κ2) is 11.2. The molecule has 0 saturated heterocycles. The molecule has 0 aliphatic rings. The monoisotopic (exact) mass is 356 g/mol. The van der Waals surface area contributed by atoms with Crippen molar-refractivity contribution in [3.63, 3.8) is 0 Å². The van der Waals surface area contributed by atoms with Gasteiger partial charge in [0, 0.05) is 24.5 Å². The fraction of sp³-hybridized carbons (Fsp3) is 0.692. The Morgan fingerprint density at radius 3 is 2.48 bits per heavy atom. The van der Waals surface area contributed by atoms with Crippen LogP contribution >= 0.6 is 36.2 Å². The predicted molar refractivity (Wildman–Crippen MR) is 93.8 cm³/mol. The van der Waals surface area contributed by atoms with Crippen LogP contribution in [0.2, 0.25) is 0 Å². The molecule has 0 spiro atoms. The van der Waals surface area contributed by atoms with Gasteiger partial charge in [-0.3, -0.25) is 4.79 Å². The molecule has 0 fully saturated rings. The largest absolute Gasteiger partial charge is 0.349 e. The molecular weight excluding hydrogens is 331 g/mol. The number of aromatic nitrogens is 1. The minimum Gasteiger partial charge on any atom is -0.349 e. The van der Waals surface area contributed by atoms with E-state index in [1.807, 2.05) is 14.1 Å². The number of carbonyl (C=O) groups is 1. The van der Waals surface area contributed by atoms with E-state index in [-0.39, 0.29) is 30.7 Å². The number of likely N-dealkylation sites (N-methyl/N-ethyl adjacent to an activating group) is 1. The molecule has 0 aliphatic carbocycles. The number of hydrogen-bond donors (Lipinski definition) is 2. The van der Waals surface area contributed by atoms with Gasteiger partial charge >= 0.3 is 0 Å². The number of carbonyl (C=O) groups excluding carboxylic acids is 1. The van der Waals surface area contributed by atoms with Crippen LogP contribution in [0.5, 0.6) is 0 Å². The number of thiazole rings is 1. The van der Waals surface area contributed by atoms with Crippen LogP contribution in [0.1, 0.15) is 35.8 Å². The van der Waals surface area contributed by atoms with Gasteiger partial charge < -0.3 is 16.0 Å².